The van der Waals surface area contributed by atoms with E-state index < -0.39 is 14.6 Å². The molecule has 0 aliphatic heterocycles. The van der Waals surface area contributed by atoms with Crippen molar-refractivity contribution in [2.45, 2.75) is 59.3 Å². The lowest BCUT2D eigenvalue weighted by Crippen LogP contribution is -2.39. The Morgan fingerprint density at radius 2 is 1.72 bits per heavy atom. The summed E-state index contributed by atoms with van der Waals surface area (Å²) in [6.07, 6.45) is 0. The molecule has 0 saturated carbocycles. The van der Waals surface area contributed by atoms with Crippen LogP contribution in [-0.4, -0.2) is 44.6 Å². The van der Waals surface area contributed by atoms with Gasteiger partial charge in [-0.3, -0.25) is 4.99 Å². The molecule has 0 aliphatic carbocycles. The summed E-state index contributed by atoms with van der Waals surface area (Å²) in [6.45, 7) is 15.0. The van der Waals surface area contributed by atoms with Crippen molar-refractivity contribution in [1.82, 2.24) is 10.6 Å². The van der Waals surface area contributed by atoms with Gasteiger partial charge in [0.05, 0.1) is 29.7 Å². The van der Waals surface area contributed by atoms with Gasteiger partial charge in [-0.15, -0.1) is 24.0 Å². The van der Waals surface area contributed by atoms with Crippen molar-refractivity contribution in [2.24, 2.45) is 10.9 Å². The fourth-order valence-electron chi connectivity index (χ4n) is 2.31. The summed E-state index contributed by atoms with van der Waals surface area (Å²) in [5.74, 6) is 1.99. The first-order chi connectivity index (χ1) is 13.0. The van der Waals surface area contributed by atoms with Gasteiger partial charge in [-0.1, -0.05) is 26.0 Å². The summed E-state index contributed by atoms with van der Waals surface area (Å²) >= 11 is 0. The number of aliphatic imine (C=N–C) groups is 1. The molecule has 0 heterocycles. The average Bonchev–Trinajstić information content (AvgIpc) is 2.59. The minimum Gasteiger partial charge on any atom is -0.493 e. The Balaban J connectivity index is 0.00000784. The minimum absolute atomic E-state index is 0. The zero-order valence-corrected chi connectivity index (χ0v) is 21.9. The van der Waals surface area contributed by atoms with E-state index in [1.165, 1.54) is 0 Å². The summed E-state index contributed by atoms with van der Waals surface area (Å²) in [5, 5.41) is 6.50. The van der Waals surface area contributed by atoms with Crippen LogP contribution in [0.15, 0.2) is 29.3 Å². The van der Waals surface area contributed by atoms with Crippen molar-refractivity contribution in [3.05, 3.63) is 29.8 Å². The number of rotatable bonds is 9. The molecule has 6 nitrogen and oxygen atoms in total. The molecule has 1 aromatic rings. The van der Waals surface area contributed by atoms with Crippen molar-refractivity contribution in [3.63, 3.8) is 0 Å². The third-order valence-electron chi connectivity index (χ3n) is 4.22. The first-order valence-corrected chi connectivity index (χ1v) is 11.6. The van der Waals surface area contributed by atoms with Crippen LogP contribution in [0.4, 0.5) is 0 Å². The molecule has 0 fully saturated rings. The number of benzene rings is 1. The number of nitrogens with zero attached hydrogens (tertiary/aromatic N) is 1. The summed E-state index contributed by atoms with van der Waals surface area (Å²) in [4.78, 5) is 4.43. The van der Waals surface area contributed by atoms with E-state index in [-0.39, 0.29) is 42.3 Å². The molecule has 1 atom stereocenters. The second kappa shape index (κ2) is 12.6. The lowest BCUT2D eigenvalue weighted by molar-refractivity contribution is 0.271. The number of hydrogen-bond donors (Lipinski definition) is 2. The molecule has 0 bridgehead atoms. The Morgan fingerprint density at radius 1 is 1.14 bits per heavy atom. The molecule has 0 radical (unpaired) electrons. The van der Waals surface area contributed by atoms with Crippen LogP contribution in [0.2, 0.25) is 0 Å². The predicted octanol–water partition coefficient (Wildman–Crippen LogP) is 4.17. The molecule has 0 spiro atoms. The highest BCUT2D eigenvalue weighted by molar-refractivity contribution is 14.0. The molecule has 1 unspecified atom stereocenters. The van der Waals surface area contributed by atoms with Crippen molar-refractivity contribution in [1.29, 1.82) is 0 Å². The largest absolute Gasteiger partial charge is 0.493 e. The van der Waals surface area contributed by atoms with Gasteiger partial charge in [0.2, 0.25) is 0 Å². The van der Waals surface area contributed by atoms with Gasteiger partial charge >= 0.3 is 0 Å². The number of hydrogen-bond acceptors (Lipinski definition) is 4. The Kier molecular flexibility index (Phi) is 12.2. The van der Waals surface area contributed by atoms with Gasteiger partial charge < -0.3 is 15.4 Å². The van der Waals surface area contributed by atoms with Crippen LogP contribution in [-0.2, 0) is 9.84 Å². The van der Waals surface area contributed by atoms with Gasteiger partial charge in [0.25, 0.3) is 0 Å². The van der Waals surface area contributed by atoms with E-state index in [9.17, 15) is 8.42 Å². The number of guanidine groups is 1. The van der Waals surface area contributed by atoms with E-state index in [4.69, 9.17) is 4.74 Å². The van der Waals surface area contributed by atoms with Crippen molar-refractivity contribution >= 4 is 39.8 Å². The maximum Gasteiger partial charge on any atom is 0.191 e. The van der Waals surface area contributed by atoms with Crippen LogP contribution >= 0.6 is 24.0 Å². The highest BCUT2D eigenvalue weighted by atomic mass is 127. The quantitative estimate of drug-likeness (QED) is 0.280. The van der Waals surface area contributed by atoms with Gasteiger partial charge in [-0.25, -0.2) is 8.42 Å². The zero-order valence-electron chi connectivity index (χ0n) is 18.8. The molecule has 1 rings (SSSR count). The molecule has 0 amide bonds. The zero-order chi connectivity index (χ0) is 21.4. The highest BCUT2D eigenvalue weighted by Gasteiger charge is 2.28. The maximum atomic E-state index is 12.2. The van der Waals surface area contributed by atoms with Crippen molar-refractivity contribution in [2.75, 3.05) is 25.4 Å². The molecule has 168 valence electrons. The standard InChI is InChI=1S/C21H37N3O3S.HI/c1-8-22-20(23-13-14-28(25,26)21(5,6)7)24-17(4)18-9-11-19(12-10-18)27-15-16(2)3;/h9-12,16-17H,8,13-15H2,1-7H3,(H2,22,23,24);1H. The summed E-state index contributed by atoms with van der Waals surface area (Å²) in [5.41, 5.74) is 1.10. The molecule has 0 saturated heterocycles. The smallest absolute Gasteiger partial charge is 0.191 e. The first kappa shape index (κ1) is 28.0. The van der Waals surface area contributed by atoms with E-state index in [2.05, 4.69) is 29.5 Å². The van der Waals surface area contributed by atoms with Crippen LogP contribution in [0.25, 0.3) is 0 Å². The fraction of sp³-hybridized carbons (Fsp3) is 0.667. The van der Waals surface area contributed by atoms with Gasteiger partial charge in [-0.2, -0.15) is 0 Å². The topological polar surface area (TPSA) is 79.8 Å². The molecule has 2 N–H and O–H groups in total. The van der Waals surface area contributed by atoms with E-state index in [0.29, 0.717) is 25.0 Å². The number of nitrogens with one attached hydrogen (secondary N) is 2. The number of halogens is 1. The molecule has 0 aromatic heterocycles. The molecule has 1 aromatic carbocycles. The molecule has 8 heteroatoms. The molecular formula is C21H38IN3O3S. The first-order valence-electron chi connectivity index (χ1n) is 9.96. The second-order valence-corrected chi connectivity index (χ2v) is 11.2. The Hall–Kier alpha value is -1.03. The molecule has 0 aliphatic rings. The number of sulfone groups is 1. The SMILES string of the molecule is CCNC(=NCCS(=O)(=O)C(C)(C)C)NC(C)c1ccc(OCC(C)C)cc1.I. The normalized spacial score (nSPS) is 13.6. The van der Waals surface area contributed by atoms with Gasteiger partial charge in [-0.05, 0) is 58.2 Å². The van der Waals surface area contributed by atoms with Crippen LogP contribution in [0, 0.1) is 5.92 Å². The monoisotopic (exact) mass is 539 g/mol. The van der Waals surface area contributed by atoms with Crippen molar-refractivity contribution < 1.29 is 13.2 Å². The minimum atomic E-state index is -3.18. The average molecular weight is 540 g/mol. The van der Waals surface area contributed by atoms with Crippen molar-refractivity contribution in [3.8, 4) is 5.75 Å². The van der Waals surface area contributed by atoms with E-state index in [1.807, 2.05) is 38.1 Å². The summed E-state index contributed by atoms with van der Waals surface area (Å²) < 4.78 is 29.4. The molecular weight excluding hydrogens is 501 g/mol. The van der Waals surface area contributed by atoms with Crippen LogP contribution < -0.4 is 15.4 Å². The molecule has 29 heavy (non-hydrogen) atoms. The highest BCUT2D eigenvalue weighted by Crippen LogP contribution is 2.18. The summed E-state index contributed by atoms with van der Waals surface area (Å²) in [6, 6.07) is 8.02. The third kappa shape index (κ3) is 10.0. The van der Waals surface area contributed by atoms with E-state index in [0.717, 1.165) is 11.3 Å². The third-order valence-corrected chi connectivity index (χ3v) is 6.81. The van der Waals surface area contributed by atoms with Crippen LogP contribution in [0.1, 0.15) is 60.1 Å². The van der Waals surface area contributed by atoms with Gasteiger partial charge in [0.1, 0.15) is 5.75 Å². The lowest BCUT2D eigenvalue weighted by Gasteiger charge is -2.20. The van der Waals surface area contributed by atoms with Crippen LogP contribution in [0.3, 0.4) is 0 Å². The van der Waals surface area contributed by atoms with Gasteiger partial charge in [0.15, 0.2) is 15.8 Å². The summed E-state index contributed by atoms with van der Waals surface area (Å²) in [7, 11) is -3.18. The number of ether oxygens (including phenoxy) is 1. The van der Waals surface area contributed by atoms with E-state index in [1.54, 1.807) is 20.8 Å². The van der Waals surface area contributed by atoms with Gasteiger partial charge in [0, 0.05) is 6.54 Å². The maximum absolute atomic E-state index is 12.2. The van der Waals surface area contributed by atoms with Crippen LogP contribution in [0.5, 0.6) is 5.75 Å². The second-order valence-electron chi connectivity index (χ2n) is 8.33. The Bertz CT molecular complexity index is 727. The fourth-order valence-corrected chi connectivity index (χ4v) is 3.25. The lowest BCUT2D eigenvalue weighted by atomic mass is 10.1. The predicted molar refractivity (Wildman–Crippen MR) is 133 cm³/mol. The Morgan fingerprint density at radius 3 is 2.21 bits per heavy atom. The Labute approximate surface area is 194 Å². The van der Waals surface area contributed by atoms with E-state index >= 15 is 0 Å².